The molecule has 1 amide bonds. The lowest BCUT2D eigenvalue weighted by Gasteiger charge is -2.17. The maximum absolute atomic E-state index is 12.4. The maximum atomic E-state index is 12.4. The van der Waals surface area contributed by atoms with Crippen LogP contribution in [0.15, 0.2) is 77.7 Å². The van der Waals surface area contributed by atoms with E-state index in [1.165, 1.54) is 43.5 Å². The van der Waals surface area contributed by atoms with E-state index in [-0.39, 0.29) is 22.0 Å². The van der Waals surface area contributed by atoms with Crippen molar-refractivity contribution in [2.45, 2.75) is 24.0 Å². The highest BCUT2D eigenvalue weighted by Gasteiger charge is 2.23. The number of amides is 1. The summed E-state index contributed by atoms with van der Waals surface area (Å²) in [7, 11) is -1.96. The molecule has 0 aliphatic carbocycles. The Bertz CT molecular complexity index is 1280. The lowest BCUT2D eigenvalue weighted by atomic mass is 10.1. The number of aliphatic carboxylic acids is 1. The number of halogens is 1. The van der Waals surface area contributed by atoms with Gasteiger partial charge in [0.05, 0.1) is 17.8 Å². The van der Waals surface area contributed by atoms with E-state index in [4.69, 9.17) is 21.1 Å². The van der Waals surface area contributed by atoms with Crippen LogP contribution in [0.5, 0.6) is 11.5 Å². The van der Waals surface area contributed by atoms with E-state index in [1.54, 1.807) is 36.4 Å². The van der Waals surface area contributed by atoms with Crippen molar-refractivity contribution in [1.82, 2.24) is 5.32 Å². The third-order valence-electron chi connectivity index (χ3n) is 5.05. The molecule has 1 atom stereocenters. The number of carboxylic acid groups (broad SMARTS) is 1. The first-order chi connectivity index (χ1) is 16.7. The van der Waals surface area contributed by atoms with Gasteiger partial charge in [0.2, 0.25) is 0 Å². The number of benzene rings is 3. The van der Waals surface area contributed by atoms with Crippen LogP contribution in [0.2, 0.25) is 5.02 Å². The van der Waals surface area contributed by atoms with Crippen molar-refractivity contribution in [1.29, 1.82) is 0 Å². The fraction of sp³-hybridized carbons (Fsp3) is 0.200. The normalized spacial score (nSPS) is 11.9. The summed E-state index contributed by atoms with van der Waals surface area (Å²) in [6.45, 7) is 0. The summed E-state index contributed by atoms with van der Waals surface area (Å²) in [5.74, 6) is -1.32. The zero-order chi connectivity index (χ0) is 25.4. The van der Waals surface area contributed by atoms with Gasteiger partial charge in [-0.25, -0.2) is 13.2 Å². The molecule has 10 heteroatoms. The first-order valence-corrected chi connectivity index (χ1v) is 12.6. The summed E-state index contributed by atoms with van der Waals surface area (Å²) >= 11 is 5.81. The van der Waals surface area contributed by atoms with Gasteiger partial charge in [-0.15, -0.1) is 0 Å². The van der Waals surface area contributed by atoms with E-state index in [0.717, 1.165) is 5.56 Å². The van der Waals surface area contributed by atoms with E-state index < -0.39 is 27.9 Å². The Hall–Kier alpha value is -3.56. The first-order valence-electron chi connectivity index (χ1n) is 10.6. The fourth-order valence-electron chi connectivity index (χ4n) is 3.21. The third kappa shape index (κ3) is 7.46. The van der Waals surface area contributed by atoms with E-state index in [1.807, 2.05) is 0 Å². The van der Waals surface area contributed by atoms with Gasteiger partial charge in [0, 0.05) is 10.6 Å². The second-order valence-electron chi connectivity index (χ2n) is 7.56. The molecule has 0 radical (unpaired) electrons. The monoisotopic (exact) mass is 517 g/mol. The Morgan fingerprint density at radius 3 is 2.31 bits per heavy atom. The fourth-order valence-corrected chi connectivity index (χ4v) is 4.64. The number of hydrogen-bond donors (Lipinski definition) is 2. The third-order valence-corrected chi connectivity index (χ3v) is 7.12. The summed E-state index contributed by atoms with van der Waals surface area (Å²) in [5.41, 5.74) is 1.08. The Morgan fingerprint density at radius 2 is 1.69 bits per heavy atom. The second kappa shape index (κ2) is 11.7. The lowest BCUT2D eigenvalue weighted by molar-refractivity contribution is -0.146. The molecule has 0 aliphatic rings. The number of carbonyl (C=O) groups is 2. The SMILES string of the molecule is COc1cccc(C(=O)NC(Oc2ccc(CCCS(=O)(=O)c3ccc(Cl)cc3)cc2)C(=O)O)c1. The largest absolute Gasteiger partial charge is 0.497 e. The number of sulfone groups is 1. The molecule has 1 unspecified atom stereocenters. The molecule has 3 aromatic carbocycles. The zero-order valence-corrected chi connectivity index (χ0v) is 20.4. The molecule has 0 spiro atoms. The van der Waals surface area contributed by atoms with Crippen LogP contribution >= 0.6 is 11.6 Å². The van der Waals surface area contributed by atoms with Crippen LogP contribution in [-0.4, -0.2) is 44.5 Å². The average molecular weight is 518 g/mol. The number of carboxylic acids is 1. The number of carbonyl (C=O) groups excluding carboxylic acids is 1. The van der Waals surface area contributed by atoms with Gasteiger partial charge >= 0.3 is 5.97 Å². The second-order valence-corrected chi connectivity index (χ2v) is 10.1. The standard InChI is InChI=1S/C25H24ClNO7S/c1-33-21-6-2-5-18(16-21)23(28)27-24(25(29)30)34-20-11-7-17(8-12-20)4-3-15-35(31,32)22-13-9-19(26)10-14-22/h2,5-14,16,24H,3-4,15H2,1H3,(H,27,28)(H,29,30). The Kier molecular flexibility index (Phi) is 8.73. The predicted molar refractivity (Wildman–Crippen MR) is 131 cm³/mol. The van der Waals surface area contributed by atoms with Crippen LogP contribution < -0.4 is 14.8 Å². The molecule has 35 heavy (non-hydrogen) atoms. The summed E-state index contributed by atoms with van der Waals surface area (Å²) in [4.78, 5) is 24.3. The van der Waals surface area contributed by atoms with E-state index in [2.05, 4.69) is 5.32 Å². The molecular weight excluding hydrogens is 494 g/mol. The molecule has 0 heterocycles. The van der Waals surface area contributed by atoms with Gasteiger partial charge in [-0.3, -0.25) is 4.79 Å². The van der Waals surface area contributed by atoms with Crippen LogP contribution in [0, 0.1) is 0 Å². The van der Waals surface area contributed by atoms with Gasteiger partial charge in [0.1, 0.15) is 11.5 Å². The van der Waals surface area contributed by atoms with Crippen molar-refractivity contribution in [3.05, 3.63) is 88.9 Å². The van der Waals surface area contributed by atoms with Gasteiger partial charge in [-0.2, -0.15) is 0 Å². The van der Waals surface area contributed by atoms with Gasteiger partial charge in [0.15, 0.2) is 9.84 Å². The highest BCUT2D eigenvalue weighted by Crippen LogP contribution is 2.19. The van der Waals surface area contributed by atoms with Crippen LogP contribution in [0.3, 0.4) is 0 Å². The van der Waals surface area contributed by atoms with Crippen LogP contribution in [0.1, 0.15) is 22.3 Å². The van der Waals surface area contributed by atoms with Crippen molar-refractivity contribution in [3.8, 4) is 11.5 Å². The minimum absolute atomic E-state index is 0.0235. The zero-order valence-electron chi connectivity index (χ0n) is 18.8. The molecule has 8 nitrogen and oxygen atoms in total. The molecule has 0 fully saturated rings. The van der Waals surface area contributed by atoms with Crippen molar-refractivity contribution in [3.63, 3.8) is 0 Å². The number of aryl methyl sites for hydroxylation is 1. The molecule has 184 valence electrons. The Balaban J connectivity index is 1.56. The van der Waals surface area contributed by atoms with Crippen LogP contribution in [0.4, 0.5) is 0 Å². The number of hydrogen-bond acceptors (Lipinski definition) is 6. The van der Waals surface area contributed by atoms with Gasteiger partial charge in [-0.05, 0) is 73.0 Å². The van der Waals surface area contributed by atoms with Crippen LogP contribution in [-0.2, 0) is 21.1 Å². The van der Waals surface area contributed by atoms with Gasteiger partial charge < -0.3 is 19.9 Å². The molecule has 0 aromatic heterocycles. The van der Waals surface area contributed by atoms with Crippen molar-refractivity contribution >= 4 is 33.3 Å². The Labute approximate surface area is 208 Å². The molecule has 0 aliphatic heterocycles. The highest BCUT2D eigenvalue weighted by molar-refractivity contribution is 7.91. The average Bonchev–Trinajstić information content (AvgIpc) is 2.84. The first kappa shape index (κ1) is 26.1. The van der Waals surface area contributed by atoms with Gasteiger partial charge in [-0.1, -0.05) is 29.8 Å². The predicted octanol–water partition coefficient (Wildman–Crippen LogP) is 3.97. The van der Waals surface area contributed by atoms with E-state index in [0.29, 0.717) is 23.6 Å². The molecule has 2 N–H and O–H groups in total. The number of nitrogens with one attached hydrogen (secondary N) is 1. The van der Waals surface area contributed by atoms with Crippen molar-refractivity contribution < 1.29 is 32.6 Å². The lowest BCUT2D eigenvalue weighted by Crippen LogP contribution is -2.44. The molecular formula is C25H24ClNO7S. The van der Waals surface area contributed by atoms with E-state index >= 15 is 0 Å². The van der Waals surface area contributed by atoms with Crippen LogP contribution in [0.25, 0.3) is 0 Å². The highest BCUT2D eigenvalue weighted by atomic mass is 35.5. The van der Waals surface area contributed by atoms with Crippen molar-refractivity contribution in [2.75, 3.05) is 12.9 Å². The molecule has 3 rings (SSSR count). The Morgan fingerprint density at radius 1 is 1.00 bits per heavy atom. The summed E-state index contributed by atoms with van der Waals surface area (Å²) in [5, 5.41) is 12.3. The van der Waals surface area contributed by atoms with E-state index in [9.17, 15) is 23.1 Å². The minimum atomic E-state index is -3.42. The number of rotatable bonds is 11. The van der Waals surface area contributed by atoms with Gasteiger partial charge in [0.25, 0.3) is 12.1 Å². The summed E-state index contributed by atoms with van der Waals surface area (Å²) < 4.78 is 35.4. The quantitative estimate of drug-likeness (QED) is 0.369. The number of methoxy groups -OCH3 is 1. The van der Waals surface area contributed by atoms with Crippen molar-refractivity contribution in [2.24, 2.45) is 0 Å². The molecule has 0 saturated carbocycles. The minimum Gasteiger partial charge on any atom is -0.497 e. The molecule has 0 saturated heterocycles. The summed E-state index contributed by atoms with van der Waals surface area (Å²) in [6.07, 6.45) is -0.703. The molecule has 0 bridgehead atoms. The topological polar surface area (TPSA) is 119 Å². The smallest absolute Gasteiger partial charge is 0.366 e. The maximum Gasteiger partial charge on any atom is 0.366 e. The summed E-state index contributed by atoms with van der Waals surface area (Å²) in [6, 6.07) is 18.9. The molecule has 3 aromatic rings. The number of ether oxygens (including phenoxy) is 2.